The van der Waals surface area contributed by atoms with E-state index < -0.39 is 0 Å². The predicted molar refractivity (Wildman–Crippen MR) is 105 cm³/mol. The lowest BCUT2D eigenvalue weighted by molar-refractivity contribution is 0.508. The molecule has 2 rings (SSSR count). The second-order valence-electron chi connectivity index (χ2n) is 7.31. The zero-order valence-corrected chi connectivity index (χ0v) is 16.6. The molecule has 136 valence electrons. The number of guanidine groups is 1. The average Bonchev–Trinajstić information content (AvgIpc) is 2.80. The lowest BCUT2D eigenvalue weighted by Gasteiger charge is -2.27. The van der Waals surface area contributed by atoms with Gasteiger partial charge in [0.1, 0.15) is 0 Å². The van der Waals surface area contributed by atoms with Gasteiger partial charge in [-0.25, -0.2) is 0 Å². The van der Waals surface area contributed by atoms with E-state index in [0.717, 1.165) is 24.7 Å². The summed E-state index contributed by atoms with van der Waals surface area (Å²) in [5.74, 6) is 0.809. The van der Waals surface area contributed by atoms with E-state index in [1.54, 1.807) is 7.05 Å². The van der Waals surface area contributed by atoms with Crippen LogP contribution >= 0.6 is 0 Å². The highest BCUT2D eigenvalue weighted by Gasteiger charge is 2.21. The van der Waals surface area contributed by atoms with Crippen LogP contribution in [0.3, 0.4) is 0 Å². The van der Waals surface area contributed by atoms with Gasteiger partial charge in [0.2, 0.25) is 0 Å². The molecule has 0 radical (unpaired) electrons. The van der Waals surface area contributed by atoms with Crippen molar-refractivity contribution in [1.29, 1.82) is 0 Å². The molecule has 0 saturated carbocycles. The molecule has 1 aromatic carbocycles. The highest BCUT2D eigenvalue weighted by molar-refractivity contribution is 5.79. The van der Waals surface area contributed by atoms with Crippen molar-refractivity contribution >= 4 is 5.96 Å². The van der Waals surface area contributed by atoms with Gasteiger partial charge >= 0.3 is 0 Å². The summed E-state index contributed by atoms with van der Waals surface area (Å²) in [5.41, 5.74) is 6.10. The first-order chi connectivity index (χ1) is 11.7. The number of nitrogens with zero attached hydrogens (tertiary/aromatic N) is 3. The van der Waals surface area contributed by atoms with E-state index in [9.17, 15) is 0 Å². The van der Waals surface area contributed by atoms with Crippen molar-refractivity contribution in [3.8, 4) is 0 Å². The fourth-order valence-electron chi connectivity index (χ4n) is 2.94. The van der Waals surface area contributed by atoms with E-state index in [4.69, 9.17) is 0 Å². The molecule has 0 aliphatic heterocycles. The first-order valence-corrected chi connectivity index (χ1v) is 8.75. The molecular formula is C20H31N5. The molecule has 0 unspecified atom stereocenters. The van der Waals surface area contributed by atoms with Gasteiger partial charge in [-0.05, 0) is 26.3 Å². The molecule has 0 bridgehead atoms. The van der Waals surface area contributed by atoms with Crippen molar-refractivity contribution in [2.45, 2.75) is 46.6 Å². The first-order valence-electron chi connectivity index (χ1n) is 8.75. The van der Waals surface area contributed by atoms with Crippen molar-refractivity contribution in [3.63, 3.8) is 0 Å². The summed E-state index contributed by atoms with van der Waals surface area (Å²) in [5, 5.41) is 11.3. The van der Waals surface area contributed by atoms with Crippen molar-refractivity contribution in [2.24, 2.45) is 12.0 Å². The van der Waals surface area contributed by atoms with Gasteiger partial charge in [0.25, 0.3) is 0 Å². The Balaban J connectivity index is 1.98. The Labute approximate surface area is 151 Å². The SMILES string of the molecule is CN=C(NCc1c(C)nn(C)c1C)NCC(C)(C)c1cccc(C)c1. The highest BCUT2D eigenvalue weighted by atomic mass is 15.3. The fourth-order valence-corrected chi connectivity index (χ4v) is 2.94. The van der Waals surface area contributed by atoms with Gasteiger partial charge in [-0.15, -0.1) is 0 Å². The van der Waals surface area contributed by atoms with Crippen molar-refractivity contribution in [2.75, 3.05) is 13.6 Å². The Hall–Kier alpha value is -2.30. The van der Waals surface area contributed by atoms with Gasteiger partial charge in [0.05, 0.1) is 5.69 Å². The quantitative estimate of drug-likeness (QED) is 0.649. The molecule has 5 nitrogen and oxygen atoms in total. The maximum absolute atomic E-state index is 4.46. The Bertz CT molecular complexity index is 755. The largest absolute Gasteiger partial charge is 0.356 e. The van der Waals surface area contributed by atoms with Crippen LogP contribution in [0.15, 0.2) is 29.3 Å². The van der Waals surface area contributed by atoms with Gasteiger partial charge < -0.3 is 10.6 Å². The number of benzene rings is 1. The normalized spacial score (nSPS) is 12.4. The molecule has 0 aliphatic rings. The highest BCUT2D eigenvalue weighted by Crippen LogP contribution is 2.23. The number of aryl methyl sites for hydroxylation is 3. The lowest BCUT2D eigenvalue weighted by atomic mass is 9.84. The Morgan fingerprint density at radius 3 is 2.48 bits per heavy atom. The minimum atomic E-state index is 0.0176. The molecule has 2 aromatic rings. The van der Waals surface area contributed by atoms with Gasteiger partial charge in [0, 0.05) is 43.9 Å². The molecule has 0 atom stereocenters. The minimum absolute atomic E-state index is 0.0176. The van der Waals surface area contributed by atoms with Gasteiger partial charge in [-0.3, -0.25) is 9.67 Å². The molecule has 0 spiro atoms. The Morgan fingerprint density at radius 2 is 1.92 bits per heavy atom. The summed E-state index contributed by atoms with van der Waals surface area (Å²) in [6, 6.07) is 8.69. The lowest BCUT2D eigenvalue weighted by Crippen LogP contribution is -2.43. The van der Waals surface area contributed by atoms with E-state index in [0.29, 0.717) is 0 Å². The van der Waals surface area contributed by atoms with Crippen LogP contribution in [-0.2, 0) is 19.0 Å². The minimum Gasteiger partial charge on any atom is -0.356 e. The van der Waals surface area contributed by atoms with E-state index in [1.165, 1.54) is 22.4 Å². The molecular weight excluding hydrogens is 310 g/mol. The second kappa shape index (κ2) is 7.72. The number of hydrogen-bond donors (Lipinski definition) is 2. The first kappa shape index (κ1) is 19.0. The summed E-state index contributed by atoms with van der Waals surface area (Å²) in [6.07, 6.45) is 0. The number of aromatic nitrogens is 2. The predicted octanol–water partition coefficient (Wildman–Crippen LogP) is 2.99. The summed E-state index contributed by atoms with van der Waals surface area (Å²) < 4.78 is 1.92. The summed E-state index contributed by atoms with van der Waals surface area (Å²) in [6.45, 7) is 12.3. The fraction of sp³-hybridized carbons (Fsp3) is 0.500. The van der Waals surface area contributed by atoms with Crippen LogP contribution in [0.2, 0.25) is 0 Å². The number of aliphatic imine (C=N–C) groups is 1. The third-order valence-corrected chi connectivity index (χ3v) is 4.81. The van der Waals surface area contributed by atoms with Crippen molar-refractivity contribution in [3.05, 3.63) is 52.3 Å². The Kier molecular flexibility index (Phi) is 5.88. The van der Waals surface area contributed by atoms with E-state index in [-0.39, 0.29) is 5.41 Å². The zero-order valence-electron chi connectivity index (χ0n) is 16.6. The van der Waals surface area contributed by atoms with Gasteiger partial charge in [-0.1, -0.05) is 43.7 Å². The van der Waals surface area contributed by atoms with Crippen LogP contribution in [0, 0.1) is 20.8 Å². The zero-order chi connectivity index (χ0) is 18.6. The van der Waals surface area contributed by atoms with Crippen LogP contribution in [0.5, 0.6) is 0 Å². The number of nitrogens with one attached hydrogen (secondary N) is 2. The molecule has 1 heterocycles. The maximum Gasteiger partial charge on any atom is 0.191 e. The van der Waals surface area contributed by atoms with Crippen molar-refractivity contribution in [1.82, 2.24) is 20.4 Å². The summed E-state index contributed by atoms with van der Waals surface area (Å²) in [7, 11) is 3.78. The number of hydrogen-bond acceptors (Lipinski definition) is 2. The van der Waals surface area contributed by atoms with Gasteiger partial charge in [0.15, 0.2) is 5.96 Å². The molecule has 0 saturated heterocycles. The molecule has 25 heavy (non-hydrogen) atoms. The molecule has 5 heteroatoms. The van der Waals surface area contributed by atoms with Crippen LogP contribution in [0.4, 0.5) is 0 Å². The van der Waals surface area contributed by atoms with Crippen LogP contribution in [-0.4, -0.2) is 29.3 Å². The van der Waals surface area contributed by atoms with Crippen molar-refractivity contribution < 1.29 is 0 Å². The van der Waals surface area contributed by atoms with E-state index in [1.807, 2.05) is 18.7 Å². The third-order valence-electron chi connectivity index (χ3n) is 4.81. The topological polar surface area (TPSA) is 54.2 Å². The molecule has 0 fully saturated rings. The average molecular weight is 342 g/mol. The molecule has 0 aliphatic carbocycles. The van der Waals surface area contributed by atoms with E-state index >= 15 is 0 Å². The summed E-state index contributed by atoms with van der Waals surface area (Å²) in [4.78, 5) is 4.35. The second-order valence-corrected chi connectivity index (χ2v) is 7.31. The molecule has 1 aromatic heterocycles. The van der Waals surface area contributed by atoms with Crippen LogP contribution < -0.4 is 10.6 Å². The van der Waals surface area contributed by atoms with Crippen LogP contribution in [0.1, 0.15) is 41.9 Å². The Morgan fingerprint density at radius 1 is 1.20 bits per heavy atom. The number of rotatable bonds is 5. The smallest absolute Gasteiger partial charge is 0.191 e. The van der Waals surface area contributed by atoms with Gasteiger partial charge in [-0.2, -0.15) is 5.10 Å². The molecule has 2 N–H and O–H groups in total. The maximum atomic E-state index is 4.46. The van der Waals surface area contributed by atoms with Crippen LogP contribution in [0.25, 0.3) is 0 Å². The standard InChI is InChI=1S/C20H31N5/c1-14-9-8-10-17(11-14)20(4,5)13-23-19(21-6)22-12-18-15(2)24-25(7)16(18)3/h8-11H,12-13H2,1-7H3,(H2,21,22,23). The van der Waals surface area contributed by atoms with E-state index in [2.05, 4.69) is 72.7 Å². The summed E-state index contributed by atoms with van der Waals surface area (Å²) >= 11 is 0. The third kappa shape index (κ3) is 4.62. The molecule has 0 amide bonds. The monoisotopic (exact) mass is 341 g/mol.